The molecular formula is C16H18N2O2. The molecule has 1 heterocycles. The highest BCUT2D eigenvalue weighted by atomic mass is 16.5. The highest BCUT2D eigenvalue weighted by molar-refractivity contribution is 5.92. The van der Waals surface area contributed by atoms with Crippen molar-refractivity contribution in [2.24, 2.45) is 5.92 Å². The van der Waals surface area contributed by atoms with Gasteiger partial charge in [-0.15, -0.1) is 0 Å². The largest absolute Gasteiger partial charge is 0.485 e. The first kappa shape index (κ1) is 14.1. The minimum atomic E-state index is -0.0982. The topological polar surface area (TPSA) is 51.2 Å². The molecule has 2 aromatic rings. The van der Waals surface area contributed by atoms with Crippen LogP contribution in [0.5, 0.6) is 5.75 Å². The normalized spacial score (nSPS) is 10.3. The van der Waals surface area contributed by atoms with E-state index < -0.39 is 0 Å². The van der Waals surface area contributed by atoms with Crippen LogP contribution in [0.4, 0.5) is 5.82 Å². The fourth-order valence-electron chi connectivity index (χ4n) is 1.60. The lowest BCUT2D eigenvalue weighted by molar-refractivity contribution is -0.118. The number of nitrogens with zero attached hydrogens (tertiary/aromatic N) is 1. The van der Waals surface area contributed by atoms with Crippen molar-refractivity contribution in [3.63, 3.8) is 0 Å². The maximum Gasteiger partial charge on any atom is 0.228 e. The minimum absolute atomic E-state index is 0.0757. The lowest BCUT2D eigenvalue weighted by atomic mass is 10.2. The molecule has 1 aromatic heterocycles. The van der Waals surface area contributed by atoms with Crippen LogP contribution in [0.15, 0.2) is 48.7 Å². The number of hydrogen-bond donors (Lipinski definition) is 1. The third-order valence-electron chi connectivity index (χ3n) is 2.77. The van der Waals surface area contributed by atoms with Crippen molar-refractivity contribution >= 4 is 11.7 Å². The summed E-state index contributed by atoms with van der Waals surface area (Å²) in [5.74, 6) is 0.861. The first-order chi connectivity index (χ1) is 9.66. The highest BCUT2D eigenvalue weighted by Crippen LogP contribution is 2.22. The second kappa shape index (κ2) is 6.70. The Bertz CT molecular complexity index is 568. The molecule has 0 fully saturated rings. The Morgan fingerprint density at radius 1 is 1.20 bits per heavy atom. The molecular weight excluding hydrogens is 252 g/mol. The molecule has 0 aliphatic rings. The van der Waals surface area contributed by atoms with Crippen LogP contribution in [-0.2, 0) is 11.4 Å². The van der Waals surface area contributed by atoms with E-state index in [1.54, 1.807) is 18.3 Å². The zero-order valence-corrected chi connectivity index (χ0v) is 11.7. The van der Waals surface area contributed by atoms with Gasteiger partial charge in [-0.2, -0.15) is 0 Å². The summed E-state index contributed by atoms with van der Waals surface area (Å²) < 4.78 is 5.73. The van der Waals surface area contributed by atoms with E-state index in [1.807, 2.05) is 44.2 Å². The van der Waals surface area contributed by atoms with Gasteiger partial charge in [0.2, 0.25) is 5.91 Å². The van der Waals surface area contributed by atoms with Crippen LogP contribution in [0.25, 0.3) is 0 Å². The van der Waals surface area contributed by atoms with Crippen molar-refractivity contribution in [3.05, 3.63) is 54.2 Å². The van der Waals surface area contributed by atoms with E-state index >= 15 is 0 Å². The number of pyridine rings is 1. The molecule has 0 saturated heterocycles. The van der Waals surface area contributed by atoms with Crippen LogP contribution in [-0.4, -0.2) is 10.9 Å². The highest BCUT2D eigenvalue weighted by Gasteiger charge is 2.11. The number of nitrogens with one attached hydrogen (secondary N) is 1. The van der Waals surface area contributed by atoms with Gasteiger partial charge in [0.25, 0.3) is 0 Å². The Kier molecular flexibility index (Phi) is 4.71. The van der Waals surface area contributed by atoms with Gasteiger partial charge in [0, 0.05) is 12.1 Å². The monoisotopic (exact) mass is 270 g/mol. The Balaban J connectivity index is 2.06. The summed E-state index contributed by atoms with van der Waals surface area (Å²) in [4.78, 5) is 15.9. The predicted molar refractivity (Wildman–Crippen MR) is 78.5 cm³/mol. The third kappa shape index (κ3) is 3.82. The smallest absolute Gasteiger partial charge is 0.228 e. The third-order valence-corrected chi connectivity index (χ3v) is 2.77. The number of carbonyl (C=O) groups is 1. The lowest BCUT2D eigenvalue weighted by Crippen LogP contribution is -2.19. The molecule has 0 atom stereocenters. The second-order valence-electron chi connectivity index (χ2n) is 4.77. The van der Waals surface area contributed by atoms with E-state index in [0.717, 1.165) is 5.56 Å². The molecule has 1 amide bonds. The maximum absolute atomic E-state index is 11.7. The fraction of sp³-hybridized carbons (Fsp3) is 0.250. The van der Waals surface area contributed by atoms with E-state index in [-0.39, 0.29) is 11.8 Å². The van der Waals surface area contributed by atoms with Gasteiger partial charge < -0.3 is 10.1 Å². The van der Waals surface area contributed by atoms with E-state index in [9.17, 15) is 4.79 Å². The number of rotatable bonds is 5. The Labute approximate surface area is 118 Å². The summed E-state index contributed by atoms with van der Waals surface area (Å²) in [7, 11) is 0. The molecule has 20 heavy (non-hydrogen) atoms. The van der Waals surface area contributed by atoms with E-state index in [0.29, 0.717) is 18.2 Å². The maximum atomic E-state index is 11.7. The molecule has 0 aliphatic heterocycles. The number of benzene rings is 1. The van der Waals surface area contributed by atoms with Gasteiger partial charge in [-0.1, -0.05) is 44.2 Å². The summed E-state index contributed by atoms with van der Waals surface area (Å²) >= 11 is 0. The molecule has 1 N–H and O–H groups in total. The summed E-state index contributed by atoms with van der Waals surface area (Å²) in [6.45, 7) is 4.11. The summed E-state index contributed by atoms with van der Waals surface area (Å²) in [5, 5.41) is 2.77. The van der Waals surface area contributed by atoms with Crippen molar-refractivity contribution in [3.8, 4) is 5.75 Å². The number of aromatic nitrogens is 1. The molecule has 4 heteroatoms. The molecule has 1 aromatic carbocycles. The Morgan fingerprint density at radius 2 is 1.95 bits per heavy atom. The number of amides is 1. The van der Waals surface area contributed by atoms with Gasteiger partial charge in [0.05, 0.1) is 0 Å². The van der Waals surface area contributed by atoms with Crippen LogP contribution >= 0.6 is 0 Å². The van der Waals surface area contributed by atoms with Gasteiger partial charge in [0.15, 0.2) is 11.6 Å². The standard InChI is InChI=1S/C16H18N2O2/c1-12(2)16(19)18-15-14(9-6-10-17-15)20-11-13-7-4-3-5-8-13/h3-10,12H,11H2,1-2H3,(H,17,18,19). The number of anilines is 1. The zero-order chi connectivity index (χ0) is 14.4. The van der Waals surface area contributed by atoms with Gasteiger partial charge in [-0.05, 0) is 17.7 Å². The molecule has 0 radical (unpaired) electrons. The van der Waals surface area contributed by atoms with Crippen LogP contribution in [0.3, 0.4) is 0 Å². The van der Waals surface area contributed by atoms with E-state index in [2.05, 4.69) is 10.3 Å². The molecule has 2 rings (SSSR count). The van der Waals surface area contributed by atoms with Gasteiger partial charge >= 0.3 is 0 Å². The van der Waals surface area contributed by atoms with Crippen LogP contribution in [0.2, 0.25) is 0 Å². The lowest BCUT2D eigenvalue weighted by Gasteiger charge is -2.12. The fourth-order valence-corrected chi connectivity index (χ4v) is 1.60. The average molecular weight is 270 g/mol. The Morgan fingerprint density at radius 3 is 2.65 bits per heavy atom. The molecule has 0 bridgehead atoms. The molecule has 0 unspecified atom stereocenters. The van der Waals surface area contributed by atoms with Crippen molar-refractivity contribution in [2.75, 3.05) is 5.32 Å². The van der Waals surface area contributed by atoms with Crippen molar-refractivity contribution in [1.82, 2.24) is 4.98 Å². The van der Waals surface area contributed by atoms with Gasteiger partial charge in [-0.25, -0.2) is 4.98 Å². The summed E-state index contributed by atoms with van der Waals surface area (Å²) in [5.41, 5.74) is 1.07. The van der Waals surface area contributed by atoms with Crippen LogP contribution < -0.4 is 10.1 Å². The molecule has 4 nitrogen and oxygen atoms in total. The number of ether oxygens (including phenoxy) is 1. The van der Waals surface area contributed by atoms with E-state index in [1.165, 1.54) is 0 Å². The first-order valence-electron chi connectivity index (χ1n) is 6.59. The minimum Gasteiger partial charge on any atom is -0.485 e. The zero-order valence-electron chi connectivity index (χ0n) is 11.7. The number of carbonyl (C=O) groups excluding carboxylic acids is 1. The van der Waals surface area contributed by atoms with Gasteiger partial charge in [0.1, 0.15) is 6.61 Å². The van der Waals surface area contributed by atoms with Gasteiger partial charge in [-0.3, -0.25) is 4.79 Å². The Hall–Kier alpha value is -2.36. The first-order valence-corrected chi connectivity index (χ1v) is 6.59. The second-order valence-corrected chi connectivity index (χ2v) is 4.77. The van der Waals surface area contributed by atoms with Crippen LogP contribution in [0.1, 0.15) is 19.4 Å². The van der Waals surface area contributed by atoms with Crippen molar-refractivity contribution < 1.29 is 9.53 Å². The summed E-state index contributed by atoms with van der Waals surface area (Å²) in [6.07, 6.45) is 1.63. The predicted octanol–water partition coefficient (Wildman–Crippen LogP) is 3.26. The summed E-state index contributed by atoms with van der Waals surface area (Å²) in [6, 6.07) is 13.4. The van der Waals surface area contributed by atoms with E-state index in [4.69, 9.17) is 4.74 Å². The molecule has 0 spiro atoms. The molecule has 104 valence electrons. The average Bonchev–Trinajstić information content (AvgIpc) is 2.47. The van der Waals surface area contributed by atoms with Crippen LogP contribution in [0, 0.1) is 5.92 Å². The molecule has 0 saturated carbocycles. The SMILES string of the molecule is CC(C)C(=O)Nc1ncccc1OCc1ccccc1. The van der Waals surface area contributed by atoms with Crippen molar-refractivity contribution in [2.45, 2.75) is 20.5 Å². The van der Waals surface area contributed by atoms with Crippen molar-refractivity contribution in [1.29, 1.82) is 0 Å². The molecule has 0 aliphatic carbocycles. The quantitative estimate of drug-likeness (QED) is 0.907. The number of hydrogen-bond acceptors (Lipinski definition) is 3.